The third-order valence-electron chi connectivity index (χ3n) is 5.02. The average Bonchev–Trinajstić information content (AvgIpc) is 2.73. The van der Waals surface area contributed by atoms with Crippen molar-refractivity contribution in [3.63, 3.8) is 0 Å². The highest BCUT2D eigenvalue weighted by molar-refractivity contribution is 7.89. The maximum Gasteiger partial charge on any atom is 0.244 e. The Hall–Kier alpha value is -2.74. The molecule has 0 saturated carbocycles. The quantitative estimate of drug-likeness (QED) is 0.654. The molecular weight excluding hydrogens is 427 g/mol. The molecule has 8 heteroatoms. The molecule has 5 nitrogen and oxygen atoms in total. The van der Waals surface area contributed by atoms with E-state index in [1.165, 1.54) is 46.8 Å². The number of sulfonamides is 1. The first-order chi connectivity index (χ1) is 14.3. The Bertz CT molecular complexity index is 1200. The van der Waals surface area contributed by atoms with Crippen LogP contribution in [0.4, 0.5) is 10.1 Å². The second-order valence-corrected chi connectivity index (χ2v) is 9.32. The van der Waals surface area contributed by atoms with Crippen molar-refractivity contribution < 1.29 is 17.6 Å². The molecular formula is C22H18ClFN2O3S. The fraction of sp³-hybridized carbons (Fsp3) is 0.136. The second-order valence-electron chi connectivity index (χ2n) is 6.99. The van der Waals surface area contributed by atoms with Crippen LogP contribution in [0.15, 0.2) is 77.7 Å². The van der Waals surface area contributed by atoms with Gasteiger partial charge in [0, 0.05) is 17.3 Å². The molecule has 1 aliphatic heterocycles. The maximum absolute atomic E-state index is 13.5. The lowest BCUT2D eigenvalue weighted by Crippen LogP contribution is -2.50. The molecule has 0 unspecified atom stereocenters. The first-order valence-corrected chi connectivity index (χ1v) is 11.1. The van der Waals surface area contributed by atoms with Crippen LogP contribution in [0.25, 0.3) is 0 Å². The molecule has 0 saturated heterocycles. The van der Waals surface area contributed by atoms with Crippen LogP contribution in [0.1, 0.15) is 11.1 Å². The summed E-state index contributed by atoms with van der Waals surface area (Å²) in [7, 11) is -3.98. The van der Waals surface area contributed by atoms with Crippen molar-refractivity contribution >= 4 is 33.2 Å². The van der Waals surface area contributed by atoms with Crippen molar-refractivity contribution in [1.29, 1.82) is 0 Å². The van der Waals surface area contributed by atoms with Crippen LogP contribution >= 0.6 is 11.6 Å². The Morgan fingerprint density at radius 3 is 2.40 bits per heavy atom. The summed E-state index contributed by atoms with van der Waals surface area (Å²) < 4.78 is 41.4. The number of amides is 1. The van der Waals surface area contributed by atoms with Crippen molar-refractivity contribution in [2.75, 3.05) is 5.32 Å². The molecule has 154 valence electrons. The van der Waals surface area contributed by atoms with Gasteiger partial charge in [-0.3, -0.25) is 4.79 Å². The zero-order valence-electron chi connectivity index (χ0n) is 15.8. The zero-order valence-corrected chi connectivity index (χ0v) is 17.3. The van der Waals surface area contributed by atoms with Crippen LogP contribution in [0.2, 0.25) is 5.02 Å². The van der Waals surface area contributed by atoms with Crippen molar-refractivity contribution in [1.82, 2.24) is 4.31 Å². The molecule has 1 amide bonds. The number of hydrogen-bond donors (Lipinski definition) is 1. The summed E-state index contributed by atoms with van der Waals surface area (Å²) in [6.07, 6.45) is 0.212. The molecule has 0 aromatic heterocycles. The molecule has 4 rings (SSSR count). The van der Waals surface area contributed by atoms with Crippen molar-refractivity contribution in [3.8, 4) is 0 Å². The Kier molecular flexibility index (Phi) is 5.60. The van der Waals surface area contributed by atoms with Gasteiger partial charge in [0.05, 0.1) is 4.90 Å². The number of anilines is 1. The molecule has 0 bridgehead atoms. The average molecular weight is 445 g/mol. The van der Waals surface area contributed by atoms with Gasteiger partial charge < -0.3 is 5.32 Å². The fourth-order valence-corrected chi connectivity index (χ4v) is 5.20. The molecule has 30 heavy (non-hydrogen) atoms. The summed E-state index contributed by atoms with van der Waals surface area (Å²) in [5.74, 6) is -1.01. The zero-order chi connectivity index (χ0) is 21.3. The minimum atomic E-state index is -3.98. The van der Waals surface area contributed by atoms with E-state index in [1.807, 2.05) is 24.3 Å². The molecule has 0 spiro atoms. The van der Waals surface area contributed by atoms with E-state index in [0.717, 1.165) is 11.1 Å². The monoisotopic (exact) mass is 444 g/mol. The Morgan fingerprint density at radius 1 is 1.00 bits per heavy atom. The van der Waals surface area contributed by atoms with Gasteiger partial charge in [0.15, 0.2) is 0 Å². The third kappa shape index (κ3) is 4.09. The molecule has 1 N–H and O–H groups in total. The summed E-state index contributed by atoms with van der Waals surface area (Å²) >= 11 is 5.89. The number of rotatable bonds is 4. The van der Waals surface area contributed by atoms with Gasteiger partial charge in [-0.05, 0) is 60.0 Å². The van der Waals surface area contributed by atoms with Crippen molar-refractivity contribution in [2.45, 2.75) is 23.9 Å². The number of carbonyl (C=O) groups excluding carboxylic acids is 1. The highest BCUT2D eigenvalue weighted by atomic mass is 35.5. The second kappa shape index (κ2) is 8.18. The third-order valence-corrected chi connectivity index (χ3v) is 7.14. The van der Waals surface area contributed by atoms with Gasteiger partial charge in [-0.25, -0.2) is 12.8 Å². The predicted molar refractivity (Wildman–Crippen MR) is 113 cm³/mol. The van der Waals surface area contributed by atoms with E-state index < -0.39 is 27.8 Å². The number of nitrogens with one attached hydrogen (secondary N) is 1. The number of hydrogen-bond acceptors (Lipinski definition) is 3. The standard InChI is InChI=1S/C22H18ClFN2O3S/c23-17-8-10-20(11-9-17)30(28,29)26-14-16-5-2-1-4-15(16)12-21(26)22(27)25-19-7-3-6-18(24)13-19/h1-11,13,21H,12,14H2,(H,25,27)/t21-/m0/s1. The molecule has 0 fully saturated rings. The number of fused-ring (bicyclic) bond motifs is 1. The largest absolute Gasteiger partial charge is 0.325 e. The highest BCUT2D eigenvalue weighted by Gasteiger charge is 2.39. The van der Waals surface area contributed by atoms with Gasteiger partial charge >= 0.3 is 0 Å². The lowest BCUT2D eigenvalue weighted by atomic mass is 9.95. The molecule has 0 aliphatic carbocycles. The van der Waals surface area contributed by atoms with Crippen LogP contribution in [-0.4, -0.2) is 24.7 Å². The molecule has 3 aromatic carbocycles. The Morgan fingerprint density at radius 2 is 1.70 bits per heavy atom. The van der Waals surface area contributed by atoms with Gasteiger partial charge in [-0.2, -0.15) is 4.31 Å². The smallest absolute Gasteiger partial charge is 0.244 e. The van der Waals surface area contributed by atoms with Crippen molar-refractivity contribution in [2.24, 2.45) is 0 Å². The Balaban J connectivity index is 1.71. The summed E-state index contributed by atoms with van der Waals surface area (Å²) in [6, 6.07) is 17.7. The number of nitrogens with zero attached hydrogens (tertiary/aromatic N) is 1. The lowest BCUT2D eigenvalue weighted by molar-refractivity contribution is -0.120. The minimum absolute atomic E-state index is 0.0508. The summed E-state index contributed by atoms with van der Waals surface area (Å²) in [4.78, 5) is 13.1. The van der Waals surface area contributed by atoms with Gasteiger partial charge in [0.25, 0.3) is 0 Å². The molecule has 3 aromatic rings. The van der Waals surface area contributed by atoms with Gasteiger partial charge in [-0.15, -0.1) is 0 Å². The SMILES string of the molecule is O=C(Nc1cccc(F)c1)[C@@H]1Cc2ccccc2CN1S(=O)(=O)c1ccc(Cl)cc1. The van der Waals surface area contributed by atoms with Crippen LogP contribution in [0, 0.1) is 5.82 Å². The minimum Gasteiger partial charge on any atom is -0.325 e. The van der Waals surface area contributed by atoms with E-state index in [0.29, 0.717) is 5.02 Å². The lowest BCUT2D eigenvalue weighted by Gasteiger charge is -2.35. The molecule has 0 radical (unpaired) electrons. The molecule has 1 atom stereocenters. The normalized spacial score (nSPS) is 16.7. The van der Waals surface area contributed by atoms with Gasteiger partial charge in [0.2, 0.25) is 15.9 Å². The summed E-state index contributed by atoms with van der Waals surface area (Å²) in [5, 5.41) is 3.05. The predicted octanol–water partition coefficient (Wildman–Crippen LogP) is 4.23. The highest BCUT2D eigenvalue weighted by Crippen LogP contribution is 2.30. The number of carbonyl (C=O) groups is 1. The van der Waals surface area contributed by atoms with E-state index in [-0.39, 0.29) is 23.5 Å². The van der Waals surface area contributed by atoms with Crippen LogP contribution < -0.4 is 5.32 Å². The van der Waals surface area contributed by atoms with Crippen LogP contribution in [-0.2, 0) is 27.8 Å². The van der Waals surface area contributed by atoms with Gasteiger partial charge in [-0.1, -0.05) is 41.9 Å². The maximum atomic E-state index is 13.5. The van der Waals surface area contributed by atoms with Gasteiger partial charge in [0.1, 0.15) is 11.9 Å². The number of halogens is 2. The summed E-state index contributed by atoms with van der Waals surface area (Å²) in [5.41, 5.74) is 2.01. The topological polar surface area (TPSA) is 66.5 Å². The molecule has 1 heterocycles. The first kappa shape index (κ1) is 20.5. The Labute approximate surface area is 179 Å². The fourth-order valence-electron chi connectivity index (χ4n) is 3.51. The first-order valence-electron chi connectivity index (χ1n) is 9.25. The van der Waals surface area contributed by atoms with Crippen LogP contribution in [0.5, 0.6) is 0 Å². The van der Waals surface area contributed by atoms with E-state index in [9.17, 15) is 17.6 Å². The van der Waals surface area contributed by atoms with E-state index in [4.69, 9.17) is 11.6 Å². The van der Waals surface area contributed by atoms with E-state index >= 15 is 0 Å². The van der Waals surface area contributed by atoms with Crippen LogP contribution in [0.3, 0.4) is 0 Å². The van der Waals surface area contributed by atoms with Crippen molar-refractivity contribution in [3.05, 3.63) is 94.8 Å². The number of benzene rings is 3. The van der Waals surface area contributed by atoms with E-state index in [1.54, 1.807) is 6.07 Å². The molecule has 1 aliphatic rings. The summed E-state index contributed by atoms with van der Waals surface area (Å²) in [6.45, 7) is 0.0579. The van der Waals surface area contributed by atoms with E-state index in [2.05, 4.69) is 5.32 Å².